The molecule has 1 heterocycles. The first-order valence-corrected chi connectivity index (χ1v) is 10.7. The molecule has 1 unspecified atom stereocenters. The lowest BCUT2D eigenvalue weighted by Crippen LogP contribution is -2.19. The molecule has 0 spiro atoms. The molecule has 7 heteroatoms. The van der Waals surface area contributed by atoms with Crippen molar-refractivity contribution in [3.63, 3.8) is 0 Å². The van der Waals surface area contributed by atoms with Crippen LogP contribution in [0.2, 0.25) is 0 Å². The van der Waals surface area contributed by atoms with E-state index in [9.17, 15) is 4.79 Å². The van der Waals surface area contributed by atoms with E-state index in [2.05, 4.69) is 27.0 Å². The molecule has 1 atom stereocenters. The fourth-order valence-electron chi connectivity index (χ4n) is 3.22. The fraction of sp³-hybridized carbons (Fsp3) is 0.318. The zero-order chi connectivity index (χ0) is 20.2. The van der Waals surface area contributed by atoms with Gasteiger partial charge in [-0.05, 0) is 49.6 Å². The summed E-state index contributed by atoms with van der Waals surface area (Å²) < 4.78 is 7.33. The van der Waals surface area contributed by atoms with E-state index < -0.39 is 5.25 Å². The summed E-state index contributed by atoms with van der Waals surface area (Å²) in [5.74, 6) is 2.21. The summed E-state index contributed by atoms with van der Waals surface area (Å²) in [5, 5.41) is 12.2. The summed E-state index contributed by atoms with van der Waals surface area (Å²) in [6.07, 6.45) is 2.34. The number of rotatable bonds is 8. The van der Waals surface area contributed by atoms with Gasteiger partial charge in [0, 0.05) is 18.2 Å². The van der Waals surface area contributed by atoms with Crippen molar-refractivity contribution in [1.82, 2.24) is 14.8 Å². The van der Waals surface area contributed by atoms with E-state index in [1.54, 1.807) is 7.11 Å². The lowest BCUT2D eigenvalue weighted by atomic mass is 10.1. The number of ether oxygens (including phenoxy) is 1. The average Bonchev–Trinajstić information content (AvgIpc) is 3.53. The van der Waals surface area contributed by atoms with Crippen molar-refractivity contribution in [2.24, 2.45) is 0 Å². The molecule has 0 aliphatic heterocycles. The Kier molecular flexibility index (Phi) is 5.85. The maximum absolute atomic E-state index is 13.2. The minimum absolute atomic E-state index is 0.0926. The summed E-state index contributed by atoms with van der Waals surface area (Å²) >= 11 is 1.45. The van der Waals surface area contributed by atoms with Crippen LogP contribution in [0.1, 0.15) is 42.3 Å². The van der Waals surface area contributed by atoms with Gasteiger partial charge in [-0.2, -0.15) is 0 Å². The van der Waals surface area contributed by atoms with Crippen LogP contribution in [-0.2, 0) is 11.3 Å². The minimum Gasteiger partial charge on any atom is -0.497 e. The van der Waals surface area contributed by atoms with Crippen LogP contribution >= 0.6 is 11.8 Å². The SMILES string of the molecule is CCn1c(SC(C(=O)Nc2ccc(OC)cc2)c2ccccc2)nnc1C1CC1. The number of amides is 1. The van der Waals surface area contributed by atoms with Crippen molar-refractivity contribution in [1.29, 1.82) is 0 Å². The van der Waals surface area contributed by atoms with Gasteiger partial charge in [0.25, 0.3) is 0 Å². The smallest absolute Gasteiger partial charge is 0.242 e. The van der Waals surface area contributed by atoms with E-state index in [1.165, 1.54) is 24.6 Å². The molecule has 0 bridgehead atoms. The molecule has 1 saturated carbocycles. The lowest BCUT2D eigenvalue weighted by molar-refractivity contribution is -0.115. The minimum atomic E-state index is -0.431. The number of carbonyl (C=O) groups excluding carboxylic acids is 1. The molecule has 1 amide bonds. The summed E-state index contributed by atoms with van der Waals surface area (Å²) in [5.41, 5.74) is 1.66. The molecule has 150 valence electrons. The third-order valence-electron chi connectivity index (χ3n) is 4.93. The van der Waals surface area contributed by atoms with E-state index in [0.717, 1.165) is 34.5 Å². The summed E-state index contributed by atoms with van der Waals surface area (Å²) in [4.78, 5) is 13.2. The Hall–Kier alpha value is -2.80. The Bertz CT molecular complexity index is 968. The van der Waals surface area contributed by atoms with Gasteiger partial charge in [-0.15, -0.1) is 10.2 Å². The molecule has 1 N–H and O–H groups in total. The van der Waals surface area contributed by atoms with Crippen LogP contribution in [0, 0.1) is 0 Å². The summed E-state index contributed by atoms with van der Waals surface area (Å²) in [7, 11) is 1.62. The second-order valence-corrected chi connectivity index (χ2v) is 8.06. The zero-order valence-electron chi connectivity index (χ0n) is 16.5. The van der Waals surface area contributed by atoms with Gasteiger partial charge < -0.3 is 14.6 Å². The number of anilines is 1. The molecular formula is C22H24N4O2S. The average molecular weight is 409 g/mol. The van der Waals surface area contributed by atoms with Gasteiger partial charge in [-0.1, -0.05) is 42.1 Å². The number of thioether (sulfide) groups is 1. The largest absolute Gasteiger partial charge is 0.497 e. The van der Waals surface area contributed by atoms with Gasteiger partial charge in [-0.25, -0.2) is 0 Å². The number of hydrogen-bond donors (Lipinski definition) is 1. The van der Waals surface area contributed by atoms with Gasteiger partial charge >= 0.3 is 0 Å². The van der Waals surface area contributed by atoms with Crippen molar-refractivity contribution in [3.8, 4) is 5.75 Å². The number of carbonyl (C=O) groups is 1. The van der Waals surface area contributed by atoms with E-state index in [4.69, 9.17) is 4.74 Å². The first kappa shape index (κ1) is 19.5. The van der Waals surface area contributed by atoms with Crippen LogP contribution in [0.3, 0.4) is 0 Å². The zero-order valence-corrected chi connectivity index (χ0v) is 17.4. The van der Waals surface area contributed by atoms with Crippen LogP contribution in [0.4, 0.5) is 5.69 Å². The highest BCUT2D eigenvalue weighted by Crippen LogP contribution is 2.42. The molecule has 0 saturated heterocycles. The van der Waals surface area contributed by atoms with Crippen LogP contribution in [0.25, 0.3) is 0 Å². The molecule has 1 aliphatic carbocycles. The van der Waals surface area contributed by atoms with Crippen molar-refractivity contribution >= 4 is 23.4 Å². The first-order chi connectivity index (χ1) is 14.2. The fourth-order valence-corrected chi connectivity index (χ4v) is 4.32. The predicted octanol–water partition coefficient (Wildman–Crippen LogP) is 4.66. The highest BCUT2D eigenvalue weighted by molar-refractivity contribution is 8.00. The van der Waals surface area contributed by atoms with Gasteiger partial charge in [-0.3, -0.25) is 4.79 Å². The molecule has 1 aromatic heterocycles. The molecule has 29 heavy (non-hydrogen) atoms. The Morgan fingerprint density at radius 2 is 1.90 bits per heavy atom. The van der Waals surface area contributed by atoms with E-state index in [-0.39, 0.29) is 5.91 Å². The van der Waals surface area contributed by atoms with Crippen molar-refractivity contribution in [2.75, 3.05) is 12.4 Å². The van der Waals surface area contributed by atoms with Crippen LogP contribution < -0.4 is 10.1 Å². The molecule has 0 radical (unpaired) electrons. The maximum Gasteiger partial charge on any atom is 0.242 e. The number of hydrogen-bond acceptors (Lipinski definition) is 5. The van der Waals surface area contributed by atoms with Crippen LogP contribution in [0.5, 0.6) is 5.75 Å². The standard InChI is InChI=1S/C22H24N4O2S/c1-3-26-20(16-9-10-16)24-25-22(26)29-19(15-7-5-4-6-8-15)21(27)23-17-11-13-18(28-2)14-12-17/h4-8,11-14,16,19H,3,9-10H2,1-2H3,(H,23,27). The van der Waals surface area contributed by atoms with E-state index in [0.29, 0.717) is 5.92 Å². The van der Waals surface area contributed by atoms with Gasteiger partial charge in [0.15, 0.2) is 5.16 Å². The summed E-state index contributed by atoms with van der Waals surface area (Å²) in [6, 6.07) is 17.1. The number of aromatic nitrogens is 3. The number of methoxy groups -OCH3 is 1. The highest BCUT2D eigenvalue weighted by Gasteiger charge is 2.32. The molecule has 2 aromatic carbocycles. The second-order valence-electron chi connectivity index (χ2n) is 6.99. The van der Waals surface area contributed by atoms with Crippen molar-refractivity contribution < 1.29 is 9.53 Å². The second kappa shape index (κ2) is 8.69. The molecular weight excluding hydrogens is 384 g/mol. The predicted molar refractivity (Wildman–Crippen MR) is 114 cm³/mol. The summed E-state index contributed by atoms with van der Waals surface area (Å²) in [6.45, 7) is 2.89. The van der Waals surface area contributed by atoms with Crippen molar-refractivity contribution in [3.05, 3.63) is 66.0 Å². The Morgan fingerprint density at radius 3 is 2.52 bits per heavy atom. The van der Waals surface area contributed by atoms with Crippen LogP contribution in [0.15, 0.2) is 59.8 Å². The van der Waals surface area contributed by atoms with Gasteiger partial charge in [0.1, 0.15) is 16.8 Å². The molecule has 4 rings (SSSR count). The lowest BCUT2D eigenvalue weighted by Gasteiger charge is -2.17. The molecule has 1 fully saturated rings. The normalized spacial score (nSPS) is 14.4. The van der Waals surface area contributed by atoms with Crippen molar-refractivity contribution in [2.45, 2.75) is 42.6 Å². The first-order valence-electron chi connectivity index (χ1n) is 9.79. The number of nitrogens with zero attached hydrogens (tertiary/aromatic N) is 3. The van der Waals surface area contributed by atoms with Crippen LogP contribution in [-0.4, -0.2) is 27.8 Å². The van der Waals surface area contributed by atoms with Gasteiger partial charge in [0.05, 0.1) is 7.11 Å². The molecule has 3 aromatic rings. The Morgan fingerprint density at radius 1 is 1.17 bits per heavy atom. The third-order valence-corrected chi connectivity index (χ3v) is 6.16. The number of nitrogens with one attached hydrogen (secondary N) is 1. The molecule has 6 nitrogen and oxygen atoms in total. The topological polar surface area (TPSA) is 69.0 Å². The third kappa shape index (κ3) is 4.45. The highest BCUT2D eigenvalue weighted by atomic mass is 32.2. The maximum atomic E-state index is 13.2. The Balaban J connectivity index is 1.59. The quantitative estimate of drug-likeness (QED) is 0.549. The monoisotopic (exact) mass is 408 g/mol. The van der Waals surface area contributed by atoms with Gasteiger partial charge in [0.2, 0.25) is 5.91 Å². The number of benzene rings is 2. The van der Waals surface area contributed by atoms with E-state index >= 15 is 0 Å². The van der Waals surface area contributed by atoms with E-state index in [1.807, 2.05) is 54.6 Å². The molecule has 1 aliphatic rings. The Labute approximate surface area is 174 Å².